The summed E-state index contributed by atoms with van der Waals surface area (Å²) in [5.74, 6) is -0.739. The quantitative estimate of drug-likeness (QED) is 0.485. The Hall–Kier alpha value is -3.43. The molecule has 33 heavy (non-hydrogen) atoms. The molecule has 0 saturated carbocycles. The number of nitrogens with zero attached hydrogens (tertiary/aromatic N) is 2. The number of esters is 1. The molecule has 3 aromatic rings. The van der Waals surface area contributed by atoms with Gasteiger partial charge in [0, 0.05) is 18.0 Å². The Morgan fingerprint density at radius 3 is 2.70 bits per heavy atom. The van der Waals surface area contributed by atoms with Crippen LogP contribution in [0.3, 0.4) is 0 Å². The zero-order valence-corrected chi connectivity index (χ0v) is 19.0. The number of hydrazone groups is 1. The third-order valence-electron chi connectivity index (χ3n) is 4.93. The van der Waals surface area contributed by atoms with Gasteiger partial charge in [-0.3, -0.25) is 14.4 Å². The first-order chi connectivity index (χ1) is 16.0. The van der Waals surface area contributed by atoms with Gasteiger partial charge >= 0.3 is 5.97 Å². The van der Waals surface area contributed by atoms with Crippen molar-refractivity contribution >= 4 is 46.4 Å². The summed E-state index contributed by atoms with van der Waals surface area (Å²) >= 11 is 7.28. The topological polar surface area (TPSA) is 101 Å². The number of rotatable bonds is 8. The first kappa shape index (κ1) is 22.8. The molecule has 0 spiro atoms. The third-order valence-corrected chi connectivity index (χ3v) is 6.05. The van der Waals surface area contributed by atoms with E-state index in [0.29, 0.717) is 27.8 Å². The molecule has 10 heteroatoms. The van der Waals surface area contributed by atoms with Crippen molar-refractivity contribution in [2.24, 2.45) is 5.10 Å². The summed E-state index contributed by atoms with van der Waals surface area (Å²) in [6.45, 7) is -0.354. The van der Waals surface area contributed by atoms with E-state index in [-0.39, 0.29) is 18.9 Å². The molecule has 170 valence electrons. The number of ether oxygens (including phenoxy) is 1. The van der Waals surface area contributed by atoms with Gasteiger partial charge in [-0.15, -0.1) is 11.3 Å². The zero-order valence-electron chi connectivity index (χ0n) is 17.4. The van der Waals surface area contributed by atoms with Gasteiger partial charge in [-0.2, -0.15) is 5.10 Å². The van der Waals surface area contributed by atoms with E-state index < -0.39 is 24.5 Å². The Morgan fingerprint density at radius 2 is 2.00 bits per heavy atom. The van der Waals surface area contributed by atoms with E-state index in [1.165, 1.54) is 22.6 Å². The van der Waals surface area contributed by atoms with Gasteiger partial charge in [0.25, 0.3) is 11.8 Å². The molecular weight excluding hydrogens is 466 g/mol. The minimum atomic E-state index is -0.592. The van der Waals surface area contributed by atoms with E-state index in [0.717, 1.165) is 5.56 Å². The number of carbonyl (C=O) groups is 3. The smallest absolute Gasteiger partial charge is 0.308 e. The number of amides is 2. The van der Waals surface area contributed by atoms with E-state index in [1.54, 1.807) is 41.8 Å². The van der Waals surface area contributed by atoms with E-state index in [4.69, 9.17) is 20.8 Å². The van der Waals surface area contributed by atoms with Gasteiger partial charge in [0.15, 0.2) is 6.61 Å². The van der Waals surface area contributed by atoms with Gasteiger partial charge in [0.05, 0.1) is 23.3 Å². The number of furan rings is 1. The van der Waals surface area contributed by atoms with Crippen molar-refractivity contribution in [1.29, 1.82) is 0 Å². The molecule has 3 heterocycles. The molecule has 8 nitrogen and oxygen atoms in total. The van der Waals surface area contributed by atoms with Crippen LogP contribution in [0, 0.1) is 0 Å². The molecule has 0 radical (unpaired) electrons. The van der Waals surface area contributed by atoms with Crippen molar-refractivity contribution in [3.8, 4) is 0 Å². The van der Waals surface area contributed by atoms with Crippen LogP contribution >= 0.6 is 22.9 Å². The van der Waals surface area contributed by atoms with E-state index in [2.05, 4.69) is 10.4 Å². The number of thiophene rings is 1. The van der Waals surface area contributed by atoms with Crippen LogP contribution in [-0.2, 0) is 14.3 Å². The minimum absolute atomic E-state index is 0.0503. The van der Waals surface area contributed by atoms with Crippen molar-refractivity contribution in [3.63, 3.8) is 0 Å². The third kappa shape index (κ3) is 5.68. The summed E-state index contributed by atoms with van der Waals surface area (Å²) in [6, 6.07) is 13.7. The van der Waals surface area contributed by atoms with E-state index in [1.807, 2.05) is 12.1 Å². The van der Waals surface area contributed by atoms with Gasteiger partial charge in [-0.1, -0.05) is 29.8 Å². The fourth-order valence-electron chi connectivity index (χ4n) is 3.31. The zero-order chi connectivity index (χ0) is 23.2. The number of hydrogen-bond donors (Lipinski definition) is 1. The second-order valence-electron chi connectivity index (χ2n) is 7.17. The van der Waals surface area contributed by atoms with Crippen molar-refractivity contribution < 1.29 is 23.5 Å². The first-order valence-corrected chi connectivity index (χ1v) is 11.4. The molecule has 0 aliphatic carbocycles. The highest BCUT2D eigenvalue weighted by molar-refractivity contribution is 7.12. The summed E-state index contributed by atoms with van der Waals surface area (Å²) in [5, 5.41) is 10.8. The van der Waals surface area contributed by atoms with Gasteiger partial charge in [0.1, 0.15) is 11.8 Å². The number of hydrogen-bond acceptors (Lipinski definition) is 7. The summed E-state index contributed by atoms with van der Waals surface area (Å²) in [5.41, 5.74) is 1.54. The molecule has 1 aliphatic rings. The lowest BCUT2D eigenvalue weighted by Crippen LogP contribution is -2.32. The second-order valence-corrected chi connectivity index (χ2v) is 8.56. The van der Waals surface area contributed by atoms with Crippen LogP contribution in [0.2, 0.25) is 5.02 Å². The summed E-state index contributed by atoms with van der Waals surface area (Å²) < 4.78 is 10.6. The number of halogens is 1. The largest absolute Gasteiger partial charge is 0.467 e. The lowest BCUT2D eigenvalue weighted by molar-refractivity contribution is -0.152. The van der Waals surface area contributed by atoms with Crippen LogP contribution in [0.15, 0.2) is 69.7 Å². The highest BCUT2D eigenvalue weighted by Crippen LogP contribution is 2.33. The molecule has 1 aliphatic heterocycles. The molecule has 4 rings (SSSR count). The molecule has 0 saturated heterocycles. The standard InChI is InChI=1S/C23H20ClN3O5S/c24-16-7-5-15(6-8-16)17-13-18(19-3-1-11-31-19)27(26-17)21(28)14-32-22(29)9-10-25-23(30)20-4-2-12-33-20/h1-8,11-12,18H,9-10,13-14H2,(H,25,30). The van der Waals surface area contributed by atoms with Crippen LogP contribution < -0.4 is 5.32 Å². The predicted octanol–water partition coefficient (Wildman–Crippen LogP) is 4.04. The maximum Gasteiger partial charge on any atom is 0.308 e. The molecule has 0 bridgehead atoms. The Morgan fingerprint density at radius 1 is 1.18 bits per heavy atom. The van der Waals surface area contributed by atoms with Crippen LogP contribution in [0.1, 0.15) is 39.9 Å². The SMILES string of the molecule is O=C(CCNC(=O)c1cccs1)OCC(=O)N1N=C(c2ccc(Cl)cc2)CC1c1ccco1. The van der Waals surface area contributed by atoms with Crippen LogP contribution in [0.25, 0.3) is 0 Å². The molecular formula is C23H20ClN3O5S. The maximum atomic E-state index is 12.8. The molecule has 2 aromatic heterocycles. The Balaban J connectivity index is 1.34. The fourth-order valence-corrected chi connectivity index (χ4v) is 4.08. The van der Waals surface area contributed by atoms with Crippen LogP contribution in [0.5, 0.6) is 0 Å². The molecule has 1 unspecified atom stereocenters. The molecule has 1 aromatic carbocycles. The average Bonchev–Trinajstić information content (AvgIpc) is 3.59. The number of benzene rings is 1. The molecule has 1 atom stereocenters. The lowest BCUT2D eigenvalue weighted by atomic mass is 10.0. The Bertz CT molecular complexity index is 1140. The summed E-state index contributed by atoms with van der Waals surface area (Å²) in [4.78, 5) is 37.3. The van der Waals surface area contributed by atoms with Crippen molar-refractivity contribution in [3.05, 3.63) is 81.4 Å². The number of carbonyl (C=O) groups excluding carboxylic acids is 3. The van der Waals surface area contributed by atoms with Gasteiger partial charge in [-0.25, -0.2) is 5.01 Å². The highest BCUT2D eigenvalue weighted by Gasteiger charge is 2.35. The van der Waals surface area contributed by atoms with Gasteiger partial charge < -0.3 is 14.5 Å². The summed E-state index contributed by atoms with van der Waals surface area (Å²) in [6.07, 6.45) is 1.93. The lowest BCUT2D eigenvalue weighted by Gasteiger charge is -2.19. The Kier molecular flexibility index (Phi) is 7.21. The molecule has 0 fully saturated rings. The average molecular weight is 486 g/mol. The number of nitrogens with one attached hydrogen (secondary N) is 1. The van der Waals surface area contributed by atoms with Crippen molar-refractivity contribution in [2.45, 2.75) is 18.9 Å². The Labute approximate surface area is 198 Å². The first-order valence-electron chi connectivity index (χ1n) is 10.2. The van der Waals surface area contributed by atoms with E-state index in [9.17, 15) is 14.4 Å². The van der Waals surface area contributed by atoms with Crippen molar-refractivity contribution in [2.75, 3.05) is 13.2 Å². The van der Waals surface area contributed by atoms with E-state index >= 15 is 0 Å². The highest BCUT2D eigenvalue weighted by atomic mass is 35.5. The van der Waals surface area contributed by atoms with Crippen LogP contribution in [0.4, 0.5) is 0 Å². The monoisotopic (exact) mass is 485 g/mol. The second kappa shape index (κ2) is 10.5. The summed E-state index contributed by atoms with van der Waals surface area (Å²) in [7, 11) is 0. The van der Waals surface area contributed by atoms with Crippen LogP contribution in [-0.4, -0.2) is 41.7 Å². The normalized spacial score (nSPS) is 15.2. The maximum absolute atomic E-state index is 12.8. The molecule has 2 amide bonds. The van der Waals surface area contributed by atoms with Crippen molar-refractivity contribution in [1.82, 2.24) is 10.3 Å². The van der Waals surface area contributed by atoms with Gasteiger partial charge in [-0.05, 0) is 41.3 Å². The minimum Gasteiger partial charge on any atom is -0.467 e. The van der Waals surface area contributed by atoms with Gasteiger partial charge in [0.2, 0.25) is 0 Å². The fraction of sp³-hybridized carbons (Fsp3) is 0.217. The molecule has 1 N–H and O–H groups in total. The predicted molar refractivity (Wildman–Crippen MR) is 123 cm³/mol.